The molecule has 0 saturated heterocycles. The number of carbonyl (C=O) groups is 1. The Labute approximate surface area is 232 Å². The fourth-order valence-corrected chi connectivity index (χ4v) is 5.17. The molecule has 1 amide bonds. The number of H-pyrrole nitrogens is 2. The van der Waals surface area contributed by atoms with Crippen molar-refractivity contribution < 1.29 is 4.79 Å². The summed E-state index contributed by atoms with van der Waals surface area (Å²) < 4.78 is 0. The Hall–Kier alpha value is -5.16. The van der Waals surface area contributed by atoms with E-state index in [-0.39, 0.29) is 11.5 Å². The van der Waals surface area contributed by atoms with Gasteiger partial charge in [-0.05, 0) is 59.0 Å². The predicted molar refractivity (Wildman–Crippen MR) is 162 cm³/mol. The second kappa shape index (κ2) is 10.9. The SMILES string of the molecule is CN(CCc1ccccc1)C(=O)c1ccc2[nH]c(-c3ccc[nH]c3=O)c(-c3ccc(-c4ccccc4)cc3)c2c1. The van der Waals surface area contributed by atoms with E-state index in [2.05, 4.69) is 58.5 Å². The van der Waals surface area contributed by atoms with Crippen LogP contribution in [0.1, 0.15) is 15.9 Å². The predicted octanol–water partition coefficient (Wildman–Crippen LogP) is 7.17. The monoisotopic (exact) mass is 523 g/mol. The summed E-state index contributed by atoms with van der Waals surface area (Å²) >= 11 is 0. The number of aromatic nitrogens is 2. The van der Waals surface area contributed by atoms with Gasteiger partial charge in [0, 0.05) is 41.8 Å². The average molecular weight is 524 g/mol. The molecule has 40 heavy (non-hydrogen) atoms. The molecule has 0 saturated carbocycles. The molecule has 196 valence electrons. The highest BCUT2D eigenvalue weighted by molar-refractivity contribution is 6.07. The lowest BCUT2D eigenvalue weighted by atomic mass is 9.96. The summed E-state index contributed by atoms with van der Waals surface area (Å²) in [6.07, 6.45) is 2.42. The summed E-state index contributed by atoms with van der Waals surface area (Å²) in [5, 5.41) is 0.896. The van der Waals surface area contributed by atoms with Crippen LogP contribution in [0.2, 0.25) is 0 Å². The molecule has 2 aromatic heterocycles. The lowest BCUT2D eigenvalue weighted by molar-refractivity contribution is 0.0797. The molecule has 0 aliphatic rings. The van der Waals surface area contributed by atoms with Crippen molar-refractivity contribution in [1.82, 2.24) is 14.9 Å². The number of nitrogens with zero attached hydrogens (tertiary/aromatic N) is 1. The maximum absolute atomic E-state index is 13.5. The Morgan fingerprint density at radius 3 is 2.15 bits per heavy atom. The number of hydrogen-bond donors (Lipinski definition) is 2. The van der Waals surface area contributed by atoms with Crippen LogP contribution in [0.4, 0.5) is 0 Å². The van der Waals surface area contributed by atoms with Gasteiger partial charge >= 0.3 is 0 Å². The highest BCUT2D eigenvalue weighted by Gasteiger charge is 2.20. The average Bonchev–Trinajstić information content (AvgIpc) is 3.39. The Bertz CT molecular complexity index is 1840. The van der Waals surface area contributed by atoms with Crippen LogP contribution < -0.4 is 5.56 Å². The van der Waals surface area contributed by atoms with E-state index in [0.717, 1.165) is 45.3 Å². The molecule has 0 aliphatic carbocycles. The molecular formula is C35H29N3O2. The number of pyridine rings is 1. The number of amides is 1. The zero-order valence-electron chi connectivity index (χ0n) is 22.2. The van der Waals surface area contributed by atoms with Crippen molar-refractivity contribution in [2.75, 3.05) is 13.6 Å². The molecule has 2 heterocycles. The highest BCUT2D eigenvalue weighted by atomic mass is 16.2. The zero-order chi connectivity index (χ0) is 27.5. The second-order valence-corrected chi connectivity index (χ2v) is 9.95. The number of hydrogen-bond acceptors (Lipinski definition) is 2. The Morgan fingerprint density at radius 1 is 0.750 bits per heavy atom. The maximum atomic E-state index is 13.5. The van der Waals surface area contributed by atoms with Crippen molar-refractivity contribution in [2.45, 2.75) is 6.42 Å². The Balaban J connectivity index is 1.41. The number of nitrogens with one attached hydrogen (secondary N) is 2. The summed E-state index contributed by atoms with van der Waals surface area (Å²) in [7, 11) is 1.84. The van der Waals surface area contributed by atoms with Gasteiger partial charge in [0.05, 0.1) is 11.3 Å². The van der Waals surface area contributed by atoms with Crippen LogP contribution in [0, 0.1) is 0 Å². The Morgan fingerprint density at radius 2 is 1.43 bits per heavy atom. The molecule has 5 nitrogen and oxygen atoms in total. The third-order valence-corrected chi connectivity index (χ3v) is 7.34. The summed E-state index contributed by atoms with van der Waals surface area (Å²) in [6.45, 7) is 0.618. The normalized spacial score (nSPS) is 11.0. The van der Waals surface area contributed by atoms with Crippen molar-refractivity contribution >= 4 is 16.8 Å². The molecule has 0 spiro atoms. The number of benzene rings is 4. The van der Waals surface area contributed by atoms with E-state index in [0.29, 0.717) is 17.7 Å². The van der Waals surface area contributed by atoms with E-state index in [1.54, 1.807) is 11.1 Å². The van der Waals surface area contributed by atoms with Gasteiger partial charge in [0.15, 0.2) is 0 Å². The summed E-state index contributed by atoms with van der Waals surface area (Å²) in [6, 6.07) is 38.1. The lowest BCUT2D eigenvalue weighted by Gasteiger charge is -2.17. The van der Waals surface area contributed by atoms with Crippen LogP contribution in [-0.4, -0.2) is 34.4 Å². The Kier molecular flexibility index (Phi) is 6.86. The van der Waals surface area contributed by atoms with Gasteiger partial charge in [0.25, 0.3) is 11.5 Å². The van der Waals surface area contributed by atoms with Crippen molar-refractivity contribution in [3.63, 3.8) is 0 Å². The maximum Gasteiger partial charge on any atom is 0.257 e. The van der Waals surface area contributed by atoms with Gasteiger partial charge in [-0.3, -0.25) is 9.59 Å². The number of carbonyl (C=O) groups excluding carboxylic acids is 1. The minimum atomic E-state index is -0.173. The summed E-state index contributed by atoms with van der Waals surface area (Å²) in [5.74, 6) is -0.0384. The molecule has 0 unspecified atom stereocenters. The number of likely N-dealkylation sites (N-methyl/N-ethyl adjacent to an activating group) is 1. The summed E-state index contributed by atoms with van der Waals surface area (Å²) in [5.41, 5.74) is 7.88. The van der Waals surface area contributed by atoms with Gasteiger partial charge in [0.1, 0.15) is 0 Å². The molecule has 0 bridgehead atoms. The molecule has 6 aromatic rings. The van der Waals surface area contributed by atoms with Gasteiger partial charge in [-0.15, -0.1) is 0 Å². The van der Waals surface area contributed by atoms with E-state index in [4.69, 9.17) is 0 Å². The van der Waals surface area contributed by atoms with E-state index in [1.807, 2.05) is 73.8 Å². The van der Waals surface area contributed by atoms with Crippen LogP contribution in [-0.2, 0) is 6.42 Å². The van der Waals surface area contributed by atoms with Gasteiger partial charge in [-0.1, -0.05) is 84.9 Å². The molecule has 5 heteroatoms. The summed E-state index contributed by atoms with van der Waals surface area (Å²) in [4.78, 5) is 34.3. The van der Waals surface area contributed by atoms with Crippen molar-refractivity contribution in [2.24, 2.45) is 0 Å². The van der Waals surface area contributed by atoms with Crippen LogP contribution >= 0.6 is 0 Å². The van der Waals surface area contributed by atoms with Gasteiger partial charge in [-0.25, -0.2) is 0 Å². The van der Waals surface area contributed by atoms with E-state index >= 15 is 0 Å². The number of fused-ring (bicyclic) bond motifs is 1. The van der Waals surface area contributed by atoms with Crippen LogP contribution in [0.15, 0.2) is 126 Å². The first kappa shape index (κ1) is 25.1. The fraction of sp³-hybridized carbons (Fsp3) is 0.0857. The van der Waals surface area contributed by atoms with Gasteiger partial charge in [-0.2, -0.15) is 0 Å². The third-order valence-electron chi connectivity index (χ3n) is 7.34. The number of aromatic amines is 2. The topological polar surface area (TPSA) is 69.0 Å². The van der Waals surface area contributed by atoms with E-state index in [1.165, 1.54) is 5.56 Å². The fourth-order valence-electron chi connectivity index (χ4n) is 5.17. The first-order valence-corrected chi connectivity index (χ1v) is 13.4. The first-order valence-electron chi connectivity index (χ1n) is 13.4. The molecule has 0 radical (unpaired) electrons. The van der Waals surface area contributed by atoms with Crippen molar-refractivity contribution in [1.29, 1.82) is 0 Å². The van der Waals surface area contributed by atoms with Gasteiger partial charge in [0.2, 0.25) is 0 Å². The largest absolute Gasteiger partial charge is 0.354 e. The standard InChI is InChI=1S/C35H29N3O2/c1-38(22-20-24-9-4-2-5-10-24)35(40)28-18-19-31-30(23-28)32(33(37-31)29-13-8-21-36-34(29)39)27-16-14-26(15-17-27)25-11-6-3-7-12-25/h2-19,21,23,37H,20,22H2,1H3,(H,36,39). The quantitative estimate of drug-likeness (QED) is 0.233. The lowest BCUT2D eigenvalue weighted by Crippen LogP contribution is -2.28. The van der Waals surface area contributed by atoms with Crippen LogP contribution in [0.5, 0.6) is 0 Å². The van der Waals surface area contributed by atoms with Gasteiger partial charge < -0.3 is 14.9 Å². The minimum Gasteiger partial charge on any atom is -0.354 e. The molecule has 2 N–H and O–H groups in total. The second-order valence-electron chi connectivity index (χ2n) is 9.95. The molecule has 0 atom stereocenters. The van der Waals surface area contributed by atoms with Crippen molar-refractivity contribution in [3.8, 4) is 33.5 Å². The zero-order valence-corrected chi connectivity index (χ0v) is 22.2. The van der Waals surface area contributed by atoms with E-state index < -0.39 is 0 Å². The molecular weight excluding hydrogens is 494 g/mol. The number of rotatable bonds is 7. The first-order chi connectivity index (χ1) is 19.6. The highest BCUT2D eigenvalue weighted by Crippen LogP contribution is 2.38. The van der Waals surface area contributed by atoms with Crippen molar-refractivity contribution in [3.05, 3.63) is 143 Å². The minimum absolute atomic E-state index is 0.0384. The smallest absolute Gasteiger partial charge is 0.257 e. The third kappa shape index (κ3) is 4.97. The molecule has 4 aromatic carbocycles. The molecule has 6 rings (SSSR count). The van der Waals surface area contributed by atoms with E-state index in [9.17, 15) is 9.59 Å². The van der Waals surface area contributed by atoms with Crippen LogP contribution in [0.3, 0.4) is 0 Å². The molecule has 0 aliphatic heterocycles. The molecule has 0 fully saturated rings. The van der Waals surface area contributed by atoms with Crippen LogP contribution in [0.25, 0.3) is 44.4 Å².